The van der Waals surface area contributed by atoms with Gasteiger partial charge in [0.05, 0.1) is 17.8 Å². The van der Waals surface area contributed by atoms with Gasteiger partial charge in [-0.2, -0.15) is 0 Å². The molecule has 0 saturated heterocycles. The third-order valence-corrected chi connectivity index (χ3v) is 3.24. The van der Waals surface area contributed by atoms with Gasteiger partial charge in [0, 0.05) is 11.7 Å². The fourth-order valence-corrected chi connectivity index (χ4v) is 1.86. The van der Waals surface area contributed by atoms with Crippen molar-refractivity contribution in [2.24, 2.45) is 5.92 Å². The van der Waals surface area contributed by atoms with Crippen molar-refractivity contribution >= 4 is 17.7 Å². The van der Waals surface area contributed by atoms with E-state index in [0.29, 0.717) is 12.1 Å². The first kappa shape index (κ1) is 16.9. The second-order valence-corrected chi connectivity index (χ2v) is 5.36. The minimum atomic E-state index is -0.778. The number of carboxylic acids is 1. The molecule has 2 atom stereocenters. The van der Waals surface area contributed by atoms with Gasteiger partial charge in [-0.05, 0) is 38.8 Å². The molecule has 0 bridgehead atoms. The summed E-state index contributed by atoms with van der Waals surface area (Å²) in [7, 11) is 0. The number of carboxylic acid groups (broad SMARTS) is 1. The van der Waals surface area contributed by atoms with Crippen LogP contribution in [0.15, 0.2) is 18.3 Å². The molecule has 0 aliphatic rings. The molecule has 1 heterocycles. The summed E-state index contributed by atoms with van der Waals surface area (Å²) in [5.41, 5.74) is 1.53. The number of nitrogens with one attached hydrogen (secondary N) is 2. The molecule has 0 saturated carbocycles. The van der Waals surface area contributed by atoms with Crippen LogP contribution in [0.2, 0.25) is 0 Å². The molecule has 21 heavy (non-hydrogen) atoms. The number of amides is 2. The number of carbonyl (C=O) groups excluding carboxylic acids is 1. The Hall–Kier alpha value is -2.11. The van der Waals surface area contributed by atoms with Crippen LogP contribution in [0.5, 0.6) is 0 Å². The number of nitrogens with zero attached hydrogens (tertiary/aromatic N) is 1. The van der Waals surface area contributed by atoms with E-state index in [1.807, 2.05) is 19.9 Å². The highest BCUT2D eigenvalue weighted by Crippen LogP contribution is 2.10. The van der Waals surface area contributed by atoms with Crippen molar-refractivity contribution in [3.05, 3.63) is 24.0 Å². The molecule has 0 aliphatic heterocycles. The molecule has 3 N–H and O–H groups in total. The maximum Gasteiger partial charge on any atom is 0.319 e. The molecule has 0 radical (unpaired) electrons. The van der Waals surface area contributed by atoms with E-state index in [2.05, 4.69) is 15.6 Å². The molecule has 6 nitrogen and oxygen atoms in total. The summed E-state index contributed by atoms with van der Waals surface area (Å²) in [6.45, 7) is 5.47. The Morgan fingerprint density at radius 2 is 2.00 bits per heavy atom. The number of pyridine rings is 1. The SMILES string of the molecule is Cc1ccc(NC(=O)NC(C)CCCC(C)C(=O)O)cn1. The number of anilines is 1. The van der Waals surface area contributed by atoms with E-state index in [-0.39, 0.29) is 18.0 Å². The van der Waals surface area contributed by atoms with Crippen LogP contribution in [0.25, 0.3) is 0 Å². The molecule has 0 fully saturated rings. The first-order valence-corrected chi connectivity index (χ1v) is 7.11. The summed E-state index contributed by atoms with van der Waals surface area (Å²) in [6.07, 6.45) is 3.73. The van der Waals surface area contributed by atoms with Crippen molar-refractivity contribution in [3.63, 3.8) is 0 Å². The zero-order chi connectivity index (χ0) is 15.8. The summed E-state index contributed by atoms with van der Waals surface area (Å²) < 4.78 is 0. The molecule has 0 aliphatic carbocycles. The second kappa shape index (κ2) is 8.24. The van der Waals surface area contributed by atoms with Gasteiger partial charge in [0.25, 0.3) is 0 Å². The quantitative estimate of drug-likeness (QED) is 0.721. The Morgan fingerprint density at radius 3 is 2.57 bits per heavy atom. The average molecular weight is 293 g/mol. The molecule has 2 unspecified atom stereocenters. The number of hydrogen-bond acceptors (Lipinski definition) is 3. The molecule has 0 spiro atoms. The first-order valence-electron chi connectivity index (χ1n) is 7.11. The minimum absolute atomic E-state index is 0.00981. The third kappa shape index (κ3) is 6.74. The number of hydrogen-bond donors (Lipinski definition) is 3. The van der Waals surface area contributed by atoms with E-state index in [4.69, 9.17) is 5.11 Å². The van der Waals surface area contributed by atoms with Gasteiger partial charge in [-0.15, -0.1) is 0 Å². The Bertz CT molecular complexity index is 474. The fraction of sp³-hybridized carbons (Fsp3) is 0.533. The fourth-order valence-electron chi connectivity index (χ4n) is 1.86. The van der Waals surface area contributed by atoms with Crippen molar-refractivity contribution in [1.82, 2.24) is 10.3 Å². The molecule has 1 rings (SSSR count). The van der Waals surface area contributed by atoms with E-state index in [1.54, 1.807) is 19.2 Å². The van der Waals surface area contributed by atoms with Crippen LogP contribution in [0.1, 0.15) is 38.8 Å². The highest BCUT2D eigenvalue weighted by atomic mass is 16.4. The summed E-state index contributed by atoms with van der Waals surface area (Å²) in [5, 5.41) is 14.3. The van der Waals surface area contributed by atoms with Gasteiger partial charge in [-0.1, -0.05) is 13.3 Å². The summed E-state index contributed by atoms with van der Waals surface area (Å²) in [5.74, 6) is -1.12. The van der Waals surface area contributed by atoms with Gasteiger partial charge >= 0.3 is 12.0 Å². The summed E-state index contributed by atoms with van der Waals surface area (Å²) in [4.78, 5) is 26.6. The Morgan fingerprint density at radius 1 is 1.29 bits per heavy atom. The molecule has 1 aromatic rings. The zero-order valence-electron chi connectivity index (χ0n) is 12.7. The standard InChI is InChI=1S/C15H23N3O3/c1-10(14(19)20)5-4-6-12(3)17-15(21)18-13-8-7-11(2)16-9-13/h7-10,12H,4-6H2,1-3H3,(H,19,20)(H2,17,18,21). The van der Waals surface area contributed by atoms with Gasteiger partial charge in [0.15, 0.2) is 0 Å². The number of carbonyl (C=O) groups is 2. The molecular formula is C15H23N3O3. The summed E-state index contributed by atoms with van der Waals surface area (Å²) in [6, 6.07) is 3.33. The topological polar surface area (TPSA) is 91.3 Å². The third-order valence-electron chi connectivity index (χ3n) is 3.24. The van der Waals surface area contributed by atoms with Crippen LogP contribution in [-0.4, -0.2) is 28.1 Å². The lowest BCUT2D eigenvalue weighted by Gasteiger charge is -2.15. The maximum absolute atomic E-state index is 11.8. The van der Waals surface area contributed by atoms with E-state index < -0.39 is 5.97 Å². The Labute approximate surface area is 125 Å². The van der Waals surface area contributed by atoms with Crippen molar-refractivity contribution in [3.8, 4) is 0 Å². The predicted molar refractivity (Wildman–Crippen MR) is 81.2 cm³/mol. The lowest BCUT2D eigenvalue weighted by molar-refractivity contribution is -0.141. The number of aliphatic carboxylic acids is 1. The van der Waals surface area contributed by atoms with E-state index in [0.717, 1.165) is 18.5 Å². The second-order valence-electron chi connectivity index (χ2n) is 5.36. The van der Waals surface area contributed by atoms with Gasteiger partial charge in [-0.25, -0.2) is 4.79 Å². The Kier molecular flexibility index (Phi) is 6.65. The molecule has 6 heteroatoms. The van der Waals surface area contributed by atoms with Crippen LogP contribution >= 0.6 is 0 Å². The van der Waals surface area contributed by atoms with Crippen molar-refractivity contribution in [1.29, 1.82) is 0 Å². The monoisotopic (exact) mass is 293 g/mol. The molecule has 116 valence electrons. The van der Waals surface area contributed by atoms with Gasteiger partial charge in [0.2, 0.25) is 0 Å². The van der Waals surface area contributed by atoms with E-state index in [1.165, 1.54) is 0 Å². The van der Waals surface area contributed by atoms with Crippen LogP contribution in [0.4, 0.5) is 10.5 Å². The average Bonchev–Trinajstić information content (AvgIpc) is 2.41. The van der Waals surface area contributed by atoms with Gasteiger partial charge in [0.1, 0.15) is 0 Å². The van der Waals surface area contributed by atoms with Crippen LogP contribution in [0.3, 0.4) is 0 Å². The van der Waals surface area contributed by atoms with Crippen LogP contribution in [-0.2, 0) is 4.79 Å². The molecule has 0 aromatic carbocycles. The number of aryl methyl sites for hydroxylation is 1. The smallest absolute Gasteiger partial charge is 0.319 e. The molecule has 2 amide bonds. The van der Waals surface area contributed by atoms with Gasteiger partial charge in [-0.3, -0.25) is 9.78 Å². The first-order chi connectivity index (χ1) is 9.88. The molecule has 1 aromatic heterocycles. The minimum Gasteiger partial charge on any atom is -0.481 e. The largest absolute Gasteiger partial charge is 0.481 e. The van der Waals surface area contributed by atoms with Crippen molar-refractivity contribution in [2.75, 3.05) is 5.32 Å². The number of rotatable bonds is 7. The van der Waals surface area contributed by atoms with Crippen molar-refractivity contribution in [2.45, 2.75) is 46.1 Å². The highest BCUT2D eigenvalue weighted by Gasteiger charge is 2.12. The van der Waals surface area contributed by atoms with Crippen LogP contribution < -0.4 is 10.6 Å². The number of urea groups is 1. The zero-order valence-corrected chi connectivity index (χ0v) is 12.7. The summed E-state index contributed by atoms with van der Waals surface area (Å²) >= 11 is 0. The van der Waals surface area contributed by atoms with E-state index in [9.17, 15) is 9.59 Å². The molecular weight excluding hydrogens is 270 g/mol. The van der Waals surface area contributed by atoms with E-state index >= 15 is 0 Å². The lowest BCUT2D eigenvalue weighted by Crippen LogP contribution is -2.36. The predicted octanol–water partition coefficient (Wildman–Crippen LogP) is 2.79. The normalized spacial score (nSPS) is 13.3. The van der Waals surface area contributed by atoms with Gasteiger partial charge < -0.3 is 15.7 Å². The maximum atomic E-state index is 11.8. The lowest BCUT2D eigenvalue weighted by atomic mass is 10.0. The van der Waals surface area contributed by atoms with Crippen LogP contribution in [0, 0.1) is 12.8 Å². The number of aromatic nitrogens is 1. The van der Waals surface area contributed by atoms with Crippen molar-refractivity contribution < 1.29 is 14.7 Å². The highest BCUT2D eigenvalue weighted by molar-refractivity contribution is 5.89. The Balaban J connectivity index is 2.27.